The number of anilines is 1. The van der Waals surface area contributed by atoms with E-state index in [1.807, 2.05) is 0 Å². The molecule has 0 aliphatic rings. The van der Waals surface area contributed by atoms with E-state index in [-0.39, 0.29) is 6.07 Å². The standard InChI is InChI=1S/C11H5ClF11NO/c12-4-1-3(2-5(6(4)24)25-7(13)14)8(15,10(18,19)20)9(16,17)11(21,22)23/h1-2,7H,24H2. The summed E-state index contributed by atoms with van der Waals surface area (Å²) >= 11 is 5.21. The van der Waals surface area contributed by atoms with Crippen molar-refractivity contribution in [2.75, 3.05) is 5.73 Å². The van der Waals surface area contributed by atoms with Gasteiger partial charge in [-0.15, -0.1) is 0 Å². The minimum absolute atomic E-state index is 0.289. The second kappa shape index (κ2) is 6.25. The number of benzene rings is 1. The van der Waals surface area contributed by atoms with Crippen molar-refractivity contribution in [2.24, 2.45) is 0 Å². The molecule has 1 aromatic rings. The Morgan fingerprint density at radius 1 is 0.880 bits per heavy atom. The SMILES string of the molecule is Nc1c(Cl)cc(C(F)(C(F)(F)F)C(F)(F)C(F)(F)F)cc1OC(F)F. The van der Waals surface area contributed by atoms with Crippen molar-refractivity contribution in [1.29, 1.82) is 0 Å². The zero-order valence-corrected chi connectivity index (χ0v) is 12.0. The second-order valence-electron chi connectivity index (χ2n) is 4.48. The lowest BCUT2D eigenvalue weighted by Crippen LogP contribution is -2.59. The maximum absolute atomic E-state index is 14.2. The van der Waals surface area contributed by atoms with Crippen molar-refractivity contribution < 1.29 is 53.0 Å². The lowest BCUT2D eigenvalue weighted by molar-refractivity contribution is -0.389. The number of nitrogens with two attached hydrogens (primary N) is 1. The number of rotatable bonds is 4. The minimum atomic E-state index is -6.99. The van der Waals surface area contributed by atoms with Gasteiger partial charge in [-0.25, -0.2) is 4.39 Å². The highest BCUT2D eigenvalue weighted by atomic mass is 35.5. The van der Waals surface area contributed by atoms with Gasteiger partial charge in [-0.3, -0.25) is 0 Å². The van der Waals surface area contributed by atoms with Crippen LogP contribution in [0.4, 0.5) is 54.0 Å². The summed E-state index contributed by atoms with van der Waals surface area (Å²) in [5.41, 5.74) is -4.75. The Morgan fingerprint density at radius 3 is 1.72 bits per heavy atom. The highest BCUT2D eigenvalue weighted by Gasteiger charge is 2.81. The molecular weight excluding hydrogens is 407 g/mol. The van der Waals surface area contributed by atoms with Crippen molar-refractivity contribution >= 4 is 17.3 Å². The summed E-state index contributed by atoms with van der Waals surface area (Å²) in [5, 5.41) is -1.21. The third kappa shape index (κ3) is 3.51. The summed E-state index contributed by atoms with van der Waals surface area (Å²) in [6.07, 6.45) is -13.8. The normalized spacial score (nSPS) is 16.0. The van der Waals surface area contributed by atoms with Gasteiger partial charge < -0.3 is 10.5 Å². The Labute approximate surface area is 136 Å². The Hall–Kier alpha value is -1.66. The largest absolute Gasteiger partial charge is 0.457 e. The van der Waals surface area contributed by atoms with Crippen LogP contribution < -0.4 is 10.5 Å². The van der Waals surface area contributed by atoms with E-state index in [0.717, 1.165) is 0 Å². The van der Waals surface area contributed by atoms with E-state index in [0.29, 0.717) is 0 Å². The third-order valence-electron chi connectivity index (χ3n) is 2.88. The monoisotopic (exact) mass is 411 g/mol. The van der Waals surface area contributed by atoms with Crippen LogP contribution in [0.15, 0.2) is 12.1 Å². The summed E-state index contributed by atoms with van der Waals surface area (Å²) in [6, 6.07) is -0.747. The average Bonchev–Trinajstić information content (AvgIpc) is 2.39. The molecule has 0 aromatic heterocycles. The van der Waals surface area contributed by atoms with Gasteiger partial charge in [-0.2, -0.15) is 43.9 Å². The number of ether oxygens (including phenoxy) is 1. The molecule has 2 N–H and O–H groups in total. The second-order valence-corrected chi connectivity index (χ2v) is 4.88. The Balaban J connectivity index is 3.78. The summed E-state index contributed by atoms with van der Waals surface area (Å²) in [4.78, 5) is 0. The molecule has 0 radical (unpaired) electrons. The lowest BCUT2D eigenvalue weighted by Gasteiger charge is -2.36. The molecule has 0 saturated heterocycles. The first-order valence-corrected chi connectivity index (χ1v) is 6.09. The summed E-state index contributed by atoms with van der Waals surface area (Å²) in [5.74, 6) is -8.50. The van der Waals surface area contributed by atoms with E-state index in [1.54, 1.807) is 0 Å². The predicted octanol–water partition coefficient (Wildman–Crippen LogP) is 5.45. The zero-order valence-electron chi connectivity index (χ0n) is 11.3. The van der Waals surface area contributed by atoms with E-state index in [9.17, 15) is 48.3 Å². The van der Waals surface area contributed by atoms with Gasteiger partial charge >= 0.3 is 30.6 Å². The van der Waals surface area contributed by atoms with Gasteiger partial charge in [0.25, 0.3) is 0 Å². The van der Waals surface area contributed by atoms with Crippen LogP contribution in [0.25, 0.3) is 0 Å². The number of halogens is 12. The molecule has 1 rings (SSSR count). The molecule has 1 aromatic carbocycles. The van der Waals surface area contributed by atoms with Crippen molar-refractivity contribution in [2.45, 2.75) is 30.6 Å². The summed E-state index contributed by atoms with van der Waals surface area (Å²) in [6.45, 7) is -3.77. The molecule has 0 fully saturated rings. The predicted molar refractivity (Wildman–Crippen MR) is 62.3 cm³/mol. The quantitative estimate of drug-likeness (QED) is 0.528. The fraction of sp³-hybridized carbons (Fsp3) is 0.455. The van der Waals surface area contributed by atoms with Gasteiger partial charge in [0.05, 0.1) is 10.7 Å². The molecule has 144 valence electrons. The van der Waals surface area contributed by atoms with Gasteiger partial charge in [0.2, 0.25) is 0 Å². The summed E-state index contributed by atoms with van der Waals surface area (Å²) < 4.78 is 144. The molecule has 0 bridgehead atoms. The van der Waals surface area contributed by atoms with Crippen LogP contribution in [0.3, 0.4) is 0 Å². The molecule has 0 saturated carbocycles. The first-order chi connectivity index (χ1) is 11.0. The van der Waals surface area contributed by atoms with E-state index < -0.39 is 58.6 Å². The number of nitrogen functional groups attached to an aromatic ring is 1. The van der Waals surface area contributed by atoms with Crippen LogP contribution >= 0.6 is 11.6 Å². The maximum atomic E-state index is 14.2. The smallest absolute Gasteiger partial charge is 0.433 e. The van der Waals surface area contributed by atoms with E-state index in [1.165, 1.54) is 0 Å². The molecule has 0 heterocycles. The van der Waals surface area contributed by atoms with E-state index >= 15 is 0 Å². The molecule has 1 unspecified atom stereocenters. The van der Waals surface area contributed by atoms with E-state index in [4.69, 9.17) is 17.3 Å². The molecule has 0 spiro atoms. The van der Waals surface area contributed by atoms with Gasteiger partial charge in [-0.05, 0) is 12.1 Å². The van der Waals surface area contributed by atoms with Gasteiger partial charge in [0, 0.05) is 5.56 Å². The van der Waals surface area contributed by atoms with Crippen molar-refractivity contribution in [3.05, 3.63) is 22.7 Å². The van der Waals surface area contributed by atoms with Crippen LogP contribution in [-0.2, 0) is 5.67 Å². The lowest BCUT2D eigenvalue weighted by atomic mass is 9.87. The van der Waals surface area contributed by atoms with Crippen LogP contribution in [-0.4, -0.2) is 24.9 Å². The molecular formula is C11H5ClF11NO. The fourth-order valence-electron chi connectivity index (χ4n) is 1.70. The number of alkyl halides is 11. The number of hydrogen-bond acceptors (Lipinski definition) is 2. The fourth-order valence-corrected chi connectivity index (χ4v) is 1.91. The highest BCUT2D eigenvalue weighted by molar-refractivity contribution is 6.33. The molecule has 14 heteroatoms. The molecule has 25 heavy (non-hydrogen) atoms. The third-order valence-corrected chi connectivity index (χ3v) is 3.20. The first kappa shape index (κ1) is 21.4. The van der Waals surface area contributed by atoms with Crippen LogP contribution in [0.5, 0.6) is 5.75 Å². The van der Waals surface area contributed by atoms with E-state index in [2.05, 4.69) is 4.74 Å². The average molecular weight is 412 g/mol. The maximum Gasteiger partial charge on any atom is 0.457 e. The van der Waals surface area contributed by atoms with Crippen LogP contribution in [0, 0.1) is 0 Å². The van der Waals surface area contributed by atoms with Gasteiger partial charge in [0.15, 0.2) is 5.75 Å². The molecule has 0 aliphatic carbocycles. The van der Waals surface area contributed by atoms with Crippen molar-refractivity contribution in [3.8, 4) is 5.75 Å². The van der Waals surface area contributed by atoms with Gasteiger partial charge in [-0.1, -0.05) is 11.6 Å². The molecule has 0 amide bonds. The topological polar surface area (TPSA) is 35.2 Å². The molecule has 2 nitrogen and oxygen atoms in total. The zero-order chi connectivity index (χ0) is 20.0. The van der Waals surface area contributed by atoms with Crippen LogP contribution in [0.2, 0.25) is 5.02 Å². The van der Waals surface area contributed by atoms with Gasteiger partial charge in [0.1, 0.15) is 0 Å². The Bertz CT molecular complexity index is 642. The Morgan fingerprint density at radius 2 is 1.36 bits per heavy atom. The highest BCUT2D eigenvalue weighted by Crippen LogP contribution is 2.59. The number of hydrogen-bond donors (Lipinski definition) is 1. The van der Waals surface area contributed by atoms with Crippen molar-refractivity contribution in [1.82, 2.24) is 0 Å². The van der Waals surface area contributed by atoms with Crippen LogP contribution in [0.1, 0.15) is 5.56 Å². The Kier molecular flexibility index (Phi) is 5.35. The molecule has 1 atom stereocenters. The minimum Gasteiger partial charge on any atom is -0.433 e. The summed E-state index contributed by atoms with van der Waals surface area (Å²) in [7, 11) is 0. The first-order valence-electron chi connectivity index (χ1n) is 5.71. The van der Waals surface area contributed by atoms with Crippen molar-refractivity contribution in [3.63, 3.8) is 0 Å². The molecule has 0 aliphatic heterocycles.